The maximum absolute atomic E-state index is 14.3. The van der Waals surface area contributed by atoms with Crippen LogP contribution in [0.15, 0.2) is 54.1 Å². The molecule has 2 aliphatic heterocycles. The number of aliphatic hydroxyl groups excluding tert-OH is 1. The second kappa shape index (κ2) is 15.0. The number of hydrogen-bond donors (Lipinski definition) is 3. The number of ether oxygens (including phenoxy) is 7. The van der Waals surface area contributed by atoms with Crippen LogP contribution in [0, 0.1) is 22.2 Å². The van der Waals surface area contributed by atoms with Crippen LogP contribution in [-0.2, 0) is 42.7 Å². The molecule has 1 aromatic carbocycles. The van der Waals surface area contributed by atoms with Gasteiger partial charge in [0.25, 0.3) is 0 Å². The number of alkyl carbamates (subject to hydrolysis) is 1. The second-order valence-electron chi connectivity index (χ2n) is 19.5. The number of amides is 1. The van der Waals surface area contributed by atoms with E-state index >= 15 is 0 Å². The lowest BCUT2D eigenvalue weighted by atomic mass is 9.45. The summed E-state index contributed by atoms with van der Waals surface area (Å²) in [7, 11) is 0. The highest BCUT2D eigenvalue weighted by Gasteiger charge is 2.77. The first-order chi connectivity index (χ1) is 26.8. The van der Waals surface area contributed by atoms with Crippen molar-refractivity contribution in [2.75, 3.05) is 6.61 Å². The third-order valence-electron chi connectivity index (χ3n) is 13.1. The summed E-state index contributed by atoms with van der Waals surface area (Å²) in [6.07, 6.45) is -6.17. The van der Waals surface area contributed by atoms with E-state index in [0.717, 1.165) is 0 Å². The summed E-state index contributed by atoms with van der Waals surface area (Å²) >= 11 is 0. The Labute approximate surface area is 340 Å². The molecule has 3 aliphatic carbocycles. The van der Waals surface area contributed by atoms with Gasteiger partial charge in [-0.25, -0.2) is 14.4 Å². The van der Waals surface area contributed by atoms with E-state index in [4.69, 9.17) is 33.2 Å². The number of fused-ring (bicyclic) bond motifs is 8. The highest BCUT2D eigenvalue weighted by atomic mass is 16.7. The molecule has 14 nitrogen and oxygen atoms in total. The molecule has 58 heavy (non-hydrogen) atoms. The SMILES string of the molecule is C=C[C@@H]1O[C@@H]2C3=C(C)[C@@H](OC(=O)[C@H](O)[C@@H](NC(=O)OC(C)(C)C)C(C)(C)C)C[C@@](O)([C@@H](OC(=O)c4ccccc4)[C@H]4[C@@](C)(CC[C@H]5OC[C@]54OC(C)=O)[C@@H]2O1)C3(C)C. The summed E-state index contributed by atoms with van der Waals surface area (Å²) in [4.78, 5) is 54.4. The Morgan fingerprint density at radius 3 is 2.22 bits per heavy atom. The van der Waals surface area contributed by atoms with Gasteiger partial charge in [0.2, 0.25) is 0 Å². The Bertz CT molecular complexity index is 1830. The molecule has 6 rings (SSSR count). The molecular formula is C44H61NO13. The lowest BCUT2D eigenvalue weighted by molar-refractivity contribution is -0.345. The van der Waals surface area contributed by atoms with E-state index in [-0.39, 0.29) is 18.6 Å². The van der Waals surface area contributed by atoms with Gasteiger partial charge in [0.05, 0.1) is 30.2 Å². The van der Waals surface area contributed by atoms with Gasteiger partial charge < -0.3 is 48.7 Å². The first-order valence-electron chi connectivity index (χ1n) is 20.1. The lowest BCUT2D eigenvalue weighted by Gasteiger charge is -2.68. The van der Waals surface area contributed by atoms with E-state index in [1.807, 2.05) is 20.8 Å². The van der Waals surface area contributed by atoms with Crippen LogP contribution in [0.25, 0.3) is 0 Å². The summed E-state index contributed by atoms with van der Waals surface area (Å²) in [6.45, 7) is 23.0. The van der Waals surface area contributed by atoms with Crippen molar-refractivity contribution in [1.82, 2.24) is 5.32 Å². The zero-order chi connectivity index (χ0) is 43.0. The average molecular weight is 812 g/mol. The van der Waals surface area contributed by atoms with E-state index in [9.17, 15) is 29.4 Å². The average Bonchev–Trinajstić information content (AvgIpc) is 3.54. The maximum atomic E-state index is 14.3. The summed E-state index contributed by atoms with van der Waals surface area (Å²) in [5, 5.41) is 28.0. The molecule has 0 unspecified atom stereocenters. The molecule has 0 radical (unpaired) electrons. The normalized spacial score (nSPS) is 36.2. The van der Waals surface area contributed by atoms with E-state index < -0.39 is 112 Å². The van der Waals surface area contributed by atoms with Crippen molar-refractivity contribution >= 4 is 24.0 Å². The third kappa shape index (κ3) is 7.37. The van der Waals surface area contributed by atoms with Crippen molar-refractivity contribution in [2.45, 2.75) is 161 Å². The molecule has 4 fully saturated rings. The molecule has 320 valence electrons. The van der Waals surface area contributed by atoms with Gasteiger partial charge in [-0.05, 0) is 75.3 Å². The maximum Gasteiger partial charge on any atom is 0.407 e. The van der Waals surface area contributed by atoms with Crippen LogP contribution in [0.3, 0.4) is 0 Å². The standard InChI is InChI=1S/C44H61NO13/c1-13-28-54-31-29-23(2)26(53-37(49)30(47)33(39(4,5)6)45-38(50)58-40(7,8)9)21-44(51,41(29,10)11)35(56-36(48)25-17-15-14-16-18-25)32-42(12,34(31)55-28)20-19-27-43(32,22-52-27)57-24(3)46/h13-18,26-28,30-35,47,51H,1,19-22H2,2-12H3,(H,45,50)/t26-,27+,28+,30+,31+,32-,33+,34+,35-,42+,43-,44+/m0/s1. The monoisotopic (exact) mass is 811 g/mol. The molecular weight excluding hydrogens is 750 g/mol. The van der Waals surface area contributed by atoms with E-state index in [1.165, 1.54) is 13.0 Å². The van der Waals surface area contributed by atoms with Gasteiger partial charge in [0.1, 0.15) is 35.6 Å². The second-order valence-corrected chi connectivity index (χ2v) is 19.5. The fourth-order valence-corrected chi connectivity index (χ4v) is 10.3. The molecule has 2 heterocycles. The number of carbonyl (C=O) groups excluding carboxylic acids is 4. The number of esters is 3. The number of aliphatic hydroxyl groups is 2. The van der Waals surface area contributed by atoms with E-state index in [2.05, 4.69) is 11.9 Å². The number of nitrogens with one attached hydrogen (secondary N) is 1. The Hall–Kier alpha value is -3.82. The summed E-state index contributed by atoms with van der Waals surface area (Å²) < 4.78 is 44.0. The lowest BCUT2D eigenvalue weighted by Crippen LogP contribution is -2.79. The van der Waals surface area contributed by atoms with Gasteiger partial charge in [-0.2, -0.15) is 0 Å². The Morgan fingerprint density at radius 1 is 1.02 bits per heavy atom. The Morgan fingerprint density at radius 2 is 1.67 bits per heavy atom. The highest BCUT2D eigenvalue weighted by molar-refractivity contribution is 5.89. The molecule has 2 saturated heterocycles. The minimum absolute atomic E-state index is 0.0261. The Balaban J connectivity index is 1.51. The third-order valence-corrected chi connectivity index (χ3v) is 13.1. The minimum atomic E-state index is -2.04. The summed E-state index contributed by atoms with van der Waals surface area (Å²) in [5.74, 6) is -3.29. The van der Waals surface area contributed by atoms with Crippen molar-refractivity contribution in [3.05, 3.63) is 59.7 Å². The molecule has 12 atom stereocenters. The van der Waals surface area contributed by atoms with E-state index in [1.54, 1.807) is 78.8 Å². The first kappa shape index (κ1) is 43.8. The van der Waals surface area contributed by atoms with Gasteiger partial charge in [-0.15, -0.1) is 0 Å². The molecule has 5 aliphatic rings. The molecule has 1 aromatic rings. The fourth-order valence-electron chi connectivity index (χ4n) is 10.3. The van der Waals surface area contributed by atoms with Gasteiger partial charge >= 0.3 is 24.0 Å². The number of carbonyl (C=O) groups is 4. The topological polar surface area (TPSA) is 185 Å². The predicted octanol–water partition coefficient (Wildman–Crippen LogP) is 5.33. The van der Waals surface area contributed by atoms with Gasteiger partial charge in [-0.1, -0.05) is 66.3 Å². The van der Waals surface area contributed by atoms with Crippen LogP contribution >= 0.6 is 0 Å². The van der Waals surface area contributed by atoms with Crippen LogP contribution in [0.2, 0.25) is 0 Å². The molecule has 3 N–H and O–H groups in total. The van der Waals surface area contributed by atoms with Crippen molar-refractivity contribution in [3.63, 3.8) is 0 Å². The zero-order valence-electron chi connectivity index (χ0n) is 35.6. The first-order valence-corrected chi connectivity index (χ1v) is 20.1. The highest BCUT2D eigenvalue weighted by Crippen LogP contribution is 2.66. The van der Waals surface area contributed by atoms with Crippen molar-refractivity contribution in [2.24, 2.45) is 22.2 Å². The van der Waals surface area contributed by atoms with Crippen molar-refractivity contribution in [3.8, 4) is 0 Å². The molecule has 2 saturated carbocycles. The summed E-state index contributed by atoms with van der Waals surface area (Å²) in [6, 6.07) is 7.23. The smallest absolute Gasteiger partial charge is 0.407 e. The molecule has 0 aromatic heterocycles. The zero-order valence-corrected chi connectivity index (χ0v) is 35.6. The van der Waals surface area contributed by atoms with Gasteiger partial charge in [-0.3, -0.25) is 4.79 Å². The van der Waals surface area contributed by atoms with Crippen molar-refractivity contribution in [1.29, 1.82) is 0 Å². The van der Waals surface area contributed by atoms with E-state index in [0.29, 0.717) is 24.0 Å². The molecule has 1 amide bonds. The molecule has 14 heteroatoms. The molecule has 2 bridgehead atoms. The van der Waals surface area contributed by atoms with Gasteiger partial charge in [0, 0.05) is 24.2 Å². The quantitative estimate of drug-likeness (QED) is 0.174. The number of hydrogen-bond acceptors (Lipinski definition) is 13. The van der Waals surface area contributed by atoms with Crippen LogP contribution in [-0.4, -0.2) is 107 Å². The number of benzene rings is 1. The summed E-state index contributed by atoms with van der Waals surface area (Å²) in [5.41, 5.74) is -5.98. The van der Waals surface area contributed by atoms with Crippen LogP contribution in [0.5, 0.6) is 0 Å². The predicted molar refractivity (Wildman–Crippen MR) is 209 cm³/mol. The largest absolute Gasteiger partial charge is 0.456 e. The fraction of sp³-hybridized carbons (Fsp3) is 0.682. The van der Waals surface area contributed by atoms with Crippen molar-refractivity contribution < 1.29 is 62.5 Å². The minimum Gasteiger partial charge on any atom is -0.456 e. The number of rotatable bonds is 8. The Kier molecular flexibility index (Phi) is 11.3. The van der Waals surface area contributed by atoms with Crippen LogP contribution < -0.4 is 5.32 Å². The molecule has 0 spiro atoms. The van der Waals surface area contributed by atoms with Gasteiger partial charge in [0.15, 0.2) is 18.0 Å². The van der Waals surface area contributed by atoms with Crippen LogP contribution in [0.4, 0.5) is 4.79 Å². The van der Waals surface area contributed by atoms with Crippen LogP contribution in [0.1, 0.15) is 106 Å².